The third kappa shape index (κ3) is 3.57. The molecule has 3 rings (SSSR count). The summed E-state index contributed by atoms with van der Waals surface area (Å²) in [4.78, 5) is 26.6. The molecule has 0 radical (unpaired) electrons. The van der Waals surface area contributed by atoms with Gasteiger partial charge in [-0.1, -0.05) is 0 Å². The maximum absolute atomic E-state index is 13.0. The largest absolute Gasteiger partial charge is 0.481 e. The van der Waals surface area contributed by atoms with E-state index in [1.54, 1.807) is 41.1 Å². The second kappa shape index (κ2) is 6.49. The van der Waals surface area contributed by atoms with Crippen molar-refractivity contribution >= 4 is 23.2 Å². The fourth-order valence-corrected chi connectivity index (χ4v) is 2.27. The molecule has 0 saturated heterocycles. The molecule has 0 fully saturated rings. The third-order valence-electron chi connectivity index (χ3n) is 3.44. The van der Waals surface area contributed by atoms with Crippen molar-refractivity contribution in [3.63, 3.8) is 0 Å². The van der Waals surface area contributed by atoms with Gasteiger partial charge in [0, 0.05) is 24.4 Å². The molecule has 1 amide bonds. The molecule has 6 nitrogen and oxygen atoms in total. The lowest BCUT2D eigenvalue weighted by atomic mass is 10.2. The summed E-state index contributed by atoms with van der Waals surface area (Å²) in [5, 5.41) is 11.2. The highest BCUT2D eigenvalue weighted by Gasteiger charge is 2.08. The third-order valence-corrected chi connectivity index (χ3v) is 3.44. The summed E-state index contributed by atoms with van der Waals surface area (Å²) in [6.45, 7) is 0. The zero-order chi connectivity index (χ0) is 17.1. The number of nitrogens with one attached hydrogen (secondary N) is 1. The standard InChI is InChI=1S/C17H14FN3O3/c18-12-3-1-11(2-4-12)14-10-21-9-13(5-6-15(21)20-14)19-16(22)7-8-17(23)24/h1-6,9-10H,7-8H2,(H,19,22)(H,23,24). The minimum Gasteiger partial charge on any atom is -0.481 e. The number of hydrogen-bond acceptors (Lipinski definition) is 3. The molecule has 0 bridgehead atoms. The van der Waals surface area contributed by atoms with Crippen molar-refractivity contribution in [3.05, 3.63) is 54.6 Å². The normalized spacial score (nSPS) is 10.7. The number of rotatable bonds is 5. The first-order valence-electron chi connectivity index (χ1n) is 7.27. The number of anilines is 1. The van der Waals surface area contributed by atoms with E-state index in [0.717, 1.165) is 5.56 Å². The number of nitrogens with zero attached hydrogens (tertiary/aromatic N) is 2. The molecule has 0 aliphatic carbocycles. The fraction of sp³-hybridized carbons (Fsp3) is 0.118. The van der Waals surface area contributed by atoms with Crippen molar-refractivity contribution in [1.29, 1.82) is 0 Å². The van der Waals surface area contributed by atoms with E-state index in [4.69, 9.17) is 5.11 Å². The number of carbonyl (C=O) groups is 2. The quantitative estimate of drug-likeness (QED) is 0.754. The number of aromatic nitrogens is 2. The Balaban J connectivity index is 1.80. The number of aliphatic carboxylic acids is 1. The number of fused-ring (bicyclic) bond motifs is 1. The molecule has 1 aromatic carbocycles. The van der Waals surface area contributed by atoms with Crippen LogP contribution in [0.1, 0.15) is 12.8 Å². The van der Waals surface area contributed by atoms with Gasteiger partial charge in [0.25, 0.3) is 0 Å². The molecule has 24 heavy (non-hydrogen) atoms. The highest BCUT2D eigenvalue weighted by Crippen LogP contribution is 2.21. The average molecular weight is 327 g/mol. The summed E-state index contributed by atoms with van der Waals surface area (Å²) in [5.74, 6) is -1.69. The number of carboxylic acids is 1. The lowest BCUT2D eigenvalue weighted by molar-refractivity contribution is -0.138. The van der Waals surface area contributed by atoms with Crippen LogP contribution < -0.4 is 5.32 Å². The van der Waals surface area contributed by atoms with E-state index in [9.17, 15) is 14.0 Å². The molecule has 0 unspecified atom stereocenters. The molecular formula is C17H14FN3O3. The van der Waals surface area contributed by atoms with Crippen molar-refractivity contribution < 1.29 is 19.1 Å². The van der Waals surface area contributed by atoms with Crippen LogP contribution in [-0.4, -0.2) is 26.4 Å². The topological polar surface area (TPSA) is 83.7 Å². The summed E-state index contributed by atoms with van der Waals surface area (Å²) in [5.41, 5.74) is 2.69. The van der Waals surface area contributed by atoms with Crippen molar-refractivity contribution in [2.75, 3.05) is 5.32 Å². The zero-order valence-electron chi connectivity index (χ0n) is 12.6. The number of imidazole rings is 1. The SMILES string of the molecule is O=C(O)CCC(=O)Nc1ccc2nc(-c3ccc(F)cc3)cn2c1. The molecule has 7 heteroatoms. The Morgan fingerprint density at radius 3 is 2.54 bits per heavy atom. The van der Waals surface area contributed by atoms with E-state index in [1.165, 1.54) is 12.1 Å². The number of pyridine rings is 1. The number of carboxylic acid groups (broad SMARTS) is 1. The van der Waals surface area contributed by atoms with Gasteiger partial charge < -0.3 is 14.8 Å². The highest BCUT2D eigenvalue weighted by atomic mass is 19.1. The molecule has 0 spiro atoms. The Morgan fingerprint density at radius 1 is 1.08 bits per heavy atom. The Morgan fingerprint density at radius 2 is 1.83 bits per heavy atom. The molecule has 0 atom stereocenters. The highest BCUT2D eigenvalue weighted by molar-refractivity contribution is 5.92. The van der Waals surface area contributed by atoms with Gasteiger partial charge in [-0.25, -0.2) is 9.37 Å². The number of benzene rings is 1. The molecule has 2 aromatic heterocycles. The maximum Gasteiger partial charge on any atom is 0.303 e. The van der Waals surface area contributed by atoms with E-state index in [-0.39, 0.29) is 24.6 Å². The van der Waals surface area contributed by atoms with Crippen LogP contribution >= 0.6 is 0 Å². The van der Waals surface area contributed by atoms with Crippen LogP contribution in [0.25, 0.3) is 16.9 Å². The van der Waals surface area contributed by atoms with Crippen LogP contribution in [0.2, 0.25) is 0 Å². The molecule has 0 aliphatic rings. The van der Waals surface area contributed by atoms with Crippen molar-refractivity contribution in [2.24, 2.45) is 0 Å². The van der Waals surface area contributed by atoms with Gasteiger partial charge in [-0.05, 0) is 36.4 Å². The lowest BCUT2D eigenvalue weighted by Gasteiger charge is -2.04. The Hall–Kier alpha value is -3.22. The van der Waals surface area contributed by atoms with E-state index >= 15 is 0 Å². The van der Waals surface area contributed by atoms with Crippen LogP contribution in [0.3, 0.4) is 0 Å². The van der Waals surface area contributed by atoms with Crippen molar-refractivity contribution in [1.82, 2.24) is 9.38 Å². The van der Waals surface area contributed by atoms with E-state index in [2.05, 4.69) is 10.3 Å². The Labute approximate surface area is 136 Å². The van der Waals surface area contributed by atoms with Gasteiger partial charge in [0.1, 0.15) is 11.5 Å². The van der Waals surface area contributed by atoms with Crippen molar-refractivity contribution in [3.8, 4) is 11.3 Å². The molecule has 3 aromatic rings. The predicted molar refractivity (Wildman–Crippen MR) is 86.1 cm³/mol. The first-order chi connectivity index (χ1) is 11.5. The van der Waals surface area contributed by atoms with Gasteiger partial charge in [0.15, 0.2) is 0 Å². The van der Waals surface area contributed by atoms with Crippen LogP contribution in [0.5, 0.6) is 0 Å². The second-order valence-corrected chi connectivity index (χ2v) is 5.26. The number of carbonyl (C=O) groups excluding carboxylic acids is 1. The zero-order valence-corrected chi connectivity index (χ0v) is 12.6. The molecule has 0 aliphatic heterocycles. The number of halogens is 1. The van der Waals surface area contributed by atoms with Crippen LogP contribution in [0.4, 0.5) is 10.1 Å². The summed E-state index contributed by atoms with van der Waals surface area (Å²) in [7, 11) is 0. The second-order valence-electron chi connectivity index (χ2n) is 5.26. The molecule has 2 heterocycles. The predicted octanol–water partition coefficient (Wildman–Crippen LogP) is 2.94. The van der Waals surface area contributed by atoms with E-state index in [1.807, 2.05) is 0 Å². The molecule has 122 valence electrons. The summed E-state index contributed by atoms with van der Waals surface area (Å²) in [6.07, 6.45) is 3.16. The van der Waals surface area contributed by atoms with Gasteiger partial charge in [0.2, 0.25) is 5.91 Å². The molecular weight excluding hydrogens is 313 g/mol. The van der Waals surface area contributed by atoms with Crippen molar-refractivity contribution in [2.45, 2.75) is 12.8 Å². The maximum atomic E-state index is 13.0. The van der Waals surface area contributed by atoms with Crippen LogP contribution in [0.15, 0.2) is 48.8 Å². The Bertz CT molecular complexity index is 903. The smallest absolute Gasteiger partial charge is 0.303 e. The Kier molecular flexibility index (Phi) is 4.24. The first kappa shape index (κ1) is 15.7. The minimum absolute atomic E-state index is 0.0852. The van der Waals surface area contributed by atoms with E-state index in [0.29, 0.717) is 17.0 Å². The van der Waals surface area contributed by atoms with Gasteiger partial charge in [-0.3, -0.25) is 9.59 Å². The van der Waals surface area contributed by atoms with E-state index < -0.39 is 5.97 Å². The summed E-state index contributed by atoms with van der Waals surface area (Å²) in [6, 6.07) is 9.45. The lowest BCUT2D eigenvalue weighted by Crippen LogP contribution is -2.13. The first-order valence-corrected chi connectivity index (χ1v) is 7.27. The van der Waals surface area contributed by atoms with Gasteiger partial charge in [0.05, 0.1) is 17.8 Å². The number of hydrogen-bond donors (Lipinski definition) is 2. The minimum atomic E-state index is -1.01. The van der Waals surface area contributed by atoms with Crippen LogP contribution in [-0.2, 0) is 9.59 Å². The van der Waals surface area contributed by atoms with Gasteiger partial charge >= 0.3 is 5.97 Å². The molecule has 2 N–H and O–H groups in total. The van der Waals surface area contributed by atoms with Gasteiger partial charge in [-0.15, -0.1) is 0 Å². The average Bonchev–Trinajstić information content (AvgIpc) is 2.97. The fourth-order valence-electron chi connectivity index (χ4n) is 2.27. The summed E-state index contributed by atoms with van der Waals surface area (Å²) >= 11 is 0. The number of amides is 1. The van der Waals surface area contributed by atoms with Crippen LogP contribution in [0, 0.1) is 5.82 Å². The molecule has 0 saturated carbocycles. The van der Waals surface area contributed by atoms with Gasteiger partial charge in [-0.2, -0.15) is 0 Å². The monoisotopic (exact) mass is 327 g/mol. The summed E-state index contributed by atoms with van der Waals surface area (Å²) < 4.78 is 14.7.